The average molecular weight is 420 g/mol. The number of rotatable bonds is 3. The Morgan fingerprint density at radius 2 is 1.96 bits per heavy atom. The summed E-state index contributed by atoms with van der Waals surface area (Å²) in [5.74, 6) is -0.431. The molecule has 0 amide bonds. The van der Waals surface area contributed by atoms with Crippen molar-refractivity contribution < 1.29 is 9.53 Å². The fourth-order valence-corrected chi connectivity index (χ4v) is 4.25. The van der Waals surface area contributed by atoms with Crippen molar-refractivity contribution >= 4 is 61.5 Å². The third kappa shape index (κ3) is 3.41. The summed E-state index contributed by atoms with van der Waals surface area (Å²) in [4.78, 5) is 28.7. The zero-order valence-corrected chi connectivity index (χ0v) is 16.2. The number of benzene rings is 2. The molecule has 0 N–H and O–H groups in total. The first-order valence-corrected chi connectivity index (χ1v) is 9.42. The van der Waals surface area contributed by atoms with E-state index in [9.17, 15) is 9.59 Å². The predicted molar refractivity (Wildman–Crippen MR) is 106 cm³/mol. The van der Waals surface area contributed by atoms with Crippen molar-refractivity contribution in [2.75, 3.05) is 0 Å². The zero-order valence-electron chi connectivity index (χ0n) is 13.9. The van der Waals surface area contributed by atoms with Crippen LogP contribution < -0.4 is 10.3 Å². The first kappa shape index (κ1) is 17.9. The molecule has 2 aromatic heterocycles. The Morgan fingerprint density at radius 3 is 2.70 bits per heavy atom. The molecule has 4 rings (SSSR count). The minimum Gasteiger partial charge on any atom is -0.405 e. The van der Waals surface area contributed by atoms with E-state index >= 15 is 0 Å². The highest BCUT2D eigenvalue weighted by Gasteiger charge is 2.15. The maximum atomic E-state index is 12.8. The maximum absolute atomic E-state index is 12.8. The van der Waals surface area contributed by atoms with Crippen LogP contribution in [0.3, 0.4) is 0 Å². The lowest BCUT2D eigenvalue weighted by Gasteiger charge is -2.09. The first-order valence-electron chi connectivity index (χ1n) is 7.85. The second kappa shape index (κ2) is 6.92. The highest BCUT2D eigenvalue weighted by molar-refractivity contribution is 7.19. The molecular weight excluding hydrogens is 409 g/mol. The summed E-state index contributed by atoms with van der Waals surface area (Å²) in [6.45, 7) is 1.40. The van der Waals surface area contributed by atoms with Gasteiger partial charge in [-0.1, -0.05) is 35.3 Å². The number of hydrogen-bond donors (Lipinski definition) is 0. The van der Waals surface area contributed by atoms with Gasteiger partial charge in [-0.2, -0.15) is 0 Å². The molecule has 0 saturated carbocycles. The van der Waals surface area contributed by atoms with Crippen LogP contribution in [-0.2, 0) is 11.3 Å². The van der Waals surface area contributed by atoms with Crippen molar-refractivity contribution in [1.29, 1.82) is 0 Å². The van der Waals surface area contributed by atoms with Gasteiger partial charge in [-0.25, -0.2) is 9.67 Å². The zero-order chi connectivity index (χ0) is 19.1. The fourth-order valence-electron chi connectivity index (χ4n) is 2.72. The van der Waals surface area contributed by atoms with Crippen LogP contribution in [0.5, 0.6) is 5.88 Å². The maximum Gasteiger partial charge on any atom is 0.309 e. The van der Waals surface area contributed by atoms with Crippen molar-refractivity contribution in [3.63, 3.8) is 0 Å². The number of thiazole rings is 1. The molecule has 6 nitrogen and oxygen atoms in total. The molecule has 0 spiro atoms. The summed E-state index contributed by atoms with van der Waals surface area (Å²) in [5.41, 5.74) is 0.353. The van der Waals surface area contributed by atoms with Crippen molar-refractivity contribution in [1.82, 2.24) is 14.8 Å². The molecule has 0 aliphatic carbocycles. The largest absolute Gasteiger partial charge is 0.405 e. The van der Waals surface area contributed by atoms with Crippen LogP contribution >= 0.6 is 34.5 Å². The van der Waals surface area contributed by atoms with Crippen molar-refractivity contribution in [2.45, 2.75) is 13.5 Å². The van der Waals surface area contributed by atoms with Crippen LogP contribution in [0.25, 0.3) is 21.0 Å². The second-order valence-corrected chi connectivity index (χ2v) is 7.68. The van der Waals surface area contributed by atoms with E-state index in [4.69, 9.17) is 27.9 Å². The molecule has 0 fully saturated rings. The second-order valence-electron chi connectivity index (χ2n) is 5.75. The Balaban J connectivity index is 1.84. The molecule has 0 bridgehead atoms. The van der Waals surface area contributed by atoms with Crippen LogP contribution in [0.2, 0.25) is 10.0 Å². The van der Waals surface area contributed by atoms with E-state index in [1.807, 2.05) is 0 Å². The summed E-state index contributed by atoms with van der Waals surface area (Å²) in [6.07, 6.45) is 0. The normalized spacial score (nSPS) is 11.2. The number of nitrogens with zero attached hydrogens (tertiary/aromatic N) is 3. The molecule has 2 aromatic carbocycles. The van der Waals surface area contributed by atoms with E-state index in [-0.39, 0.29) is 18.0 Å². The topological polar surface area (TPSA) is 74.1 Å². The first-order chi connectivity index (χ1) is 12.9. The van der Waals surface area contributed by atoms with E-state index in [0.29, 0.717) is 31.3 Å². The van der Waals surface area contributed by atoms with Gasteiger partial charge in [0.1, 0.15) is 5.01 Å². The van der Waals surface area contributed by atoms with Crippen molar-refractivity contribution in [2.24, 2.45) is 0 Å². The molecular formula is C18H11Cl2N3O3S. The van der Waals surface area contributed by atoms with Gasteiger partial charge in [0.25, 0.3) is 5.56 Å². The number of ether oxygens (including phenoxy) is 1. The van der Waals surface area contributed by atoms with Crippen LogP contribution in [0.1, 0.15) is 11.9 Å². The van der Waals surface area contributed by atoms with Gasteiger partial charge in [0.05, 0.1) is 32.6 Å². The van der Waals surface area contributed by atoms with Gasteiger partial charge in [-0.3, -0.25) is 9.59 Å². The molecule has 0 unspecified atom stereocenters. The Bertz CT molecular complexity index is 1270. The summed E-state index contributed by atoms with van der Waals surface area (Å²) < 4.78 is 7.20. The Hall–Kier alpha value is -2.48. The van der Waals surface area contributed by atoms with Gasteiger partial charge in [0, 0.05) is 11.9 Å². The Labute approximate surface area is 166 Å². The summed E-state index contributed by atoms with van der Waals surface area (Å²) >= 11 is 13.6. The molecule has 4 aromatic rings. The Kier molecular flexibility index (Phi) is 4.59. The third-order valence-corrected chi connectivity index (χ3v) is 5.53. The van der Waals surface area contributed by atoms with E-state index in [1.165, 1.54) is 22.9 Å². The van der Waals surface area contributed by atoms with Gasteiger partial charge in [-0.05, 0) is 24.3 Å². The summed E-state index contributed by atoms with van der Waals surface area (Å²) in [7, 11) is 0. The van der Waals surface area contributed by atoms with Crippen molar-refractivity contribution in [3.8, 4) is 5.88 Å². The van der Waals surface area contributed by atoms with Crippen LogP contribution in [0.4, 0.5) is 0 Å². The molecule has 2 heterocycles. The fraction of sp³-hybridized carbons (Fsp3) is 0.111. The van der Waals surface area contributed by atoms with Gasteiger partial charge in [-0.15, -0.1) is 16.4 Å². The van der Waals surface area contributed by atoms with Crippen LogP contribution in [0, 0.1) is 0 Å². The molecule has 9 heteroatoms. The quantitative estimate of drug-likeness (QED) is 0.463. The van der Waals surface area contributed by atoms with E-state index < -0.39 is 5.97 Å². The number of fused-ring (bicyclic) bond motifs is 2. The molecule has 0 aliphatic rings. The lowest BCUT2D eigenvalue weighted by atomic mass is 10.2. The van der Waals surface area contributed by atoms with Crippen LogP contribution in [-0.4, -0.2) is 20.7 Å². The third-order valence-electron chi connectivity index (χ3n) is 3.81. The van der Waals surface area contributed by atoms with E-state index in [2.05, 4.69) is 10.1 Å². The number of hydrogen-bond acceptors (Lipinski definition) is 6. The lowest BCUT2D eigenvalue weighted by Crippen LogP contribution is -2.25. The molecule has 0 aliphatic heterocycles. The lowest BCUT2D eigenvalue weighted by molar-refractivity contribution is -0.132. The van der Waals surface area contributed by atoms with Crippen LogP contribution in [0.15, 0.2) is 41.2 Å². The molecule has 27 heavy (non-hydrogen) atoms. The smallest absolute Gasteiger partial charge is 0.309 e. The minimum absolute atomic E-state index is 0.0832. The number of carbonyl (C=O) groups is 1. The number of halogens is 2. The Morgan fingerprint density at radius 1 is 1.22 bits per heavy atom. The SMILES string of the molecule is CC(=O)Oc1nn(Cc2nc3cc(Cl)cc(Cl)c3s2)c(=O)c2ccccc12. The van der Waals surface area contributed by atoms with Crippen molar-refractivity contribution in [3.05, 3.63) is 61.8 Å². The number of esters is 1. The molecule has 0 atom stereocenters. The van der Waals surface area contributed by atoms with E-state index in [0.717, 1.165) is 4.70 Å². The highest BCUT2D eigenvalue weighted by Crippen LogP contribution is 2.32. The summed E-state index contributed by atoms with van der Waals surface area (Å²) in [5, 5.41) is 6.72. The van der Waals surface area contributed by atoms with Gasteiger partial charge in [0.15, 0.2) is 0 Å². The number of aromatic nitrogens is 3. The van der Waals surface area contributed by atoms with Gasteiger partial charge < -0.3 is 4.74 Å². The highest BCUT2D eigenvalue weighted by atomic mass is 35.5. The summed E-state index contributed by atoms with van der Waals surface area (Å²) in [6, 6.07) is 10.2. The van der Waals surface area contributed by atoms with Gasteiger partial charge in [0.2, 0.25) is 5.88 Å². The number of carbonyl (C=O) groups excluding carboxylic acids is 1. The van der Waals surface area contributed by atoms with E-state index in [1.54, 1.807) is 36.4 Å². The monoisotopic (exact) mass is 419 g/mol. The predicted octanol–water partition coefficient (Wildman–Crippen LogP) is 4.29. The minimum atomic E-state index is -0.515. The standard InChI is InChI=1S/C18H11Cl2N3O3S/c1-9(24)26-17-11-4-2-3-5-12(11)18(25)23(22-17)8-15-21-14-7-10(19)6-13(20)16(14)27-15/h2-7H,8H2,1H3. The van der Waals surface area contributed by atoms with Gasteiger partial charge >= 0.3 is 5.97 Å². The molecule has 0 saturated heterocycles. The molecule has 0 radical (unpaired) electrons. The average Bonchev–Trinajstić information content (AvgIpc) is 3.01. The molecule has 136 valence electrons.